The van der Waals surface area contributed by atoms with Crippen LogP contribution in [0.15, 0.2) is 59.3 Å². The molecule has 8 rings (SSSR count). The fourth-order valence-corrected chi connectivity index (χ4v) is 11.3. The van der Waals surface area contributed by atoms with Crippen molar-refractivity contribution in [1.82, 2.24) is 14.8 Å². The molecule has 11 heteroatoms. The molecule has 2 aromatic carbocycles. The minimum absolute atomic E-state index is 0.0103. The molecular weight excluding hydrogens is 696 g/mol. The average Bonchev–Trinajstić information content (AvgIpc) is 3.53. The molecule has 5 aliphatic rings. The summed E-state index contributed by atoms with van der Waals surface area (Å²) in [5.41, 5.74) is 5.37. The number of carbonyl (C=O) groups excluding carboxylic acids is 1. The molecule has 0 radical (unpaired) electrons. The van der Waals surface area contributed by atoms with E-state index >= 15 is 0 Å². The van der Waals surface area contributed by atoms with Crippen LogP contribution in [0.5, 0.6) is 5.75 Å². The van der Waals surface area contributed by atoms with Crippen molar-refractivity contribution in [2.75, 3.05) is 44.8 Å². The molecule has 4 heterocycles. The molecule has 1 aromatic heterocycles. The fourth-order valence-electron chi connectivity index (χ4n) is 9.59. The largest absolute Gasteiger partial charge is 0.490 e. The predicted molar refractivity (Wildman–Crippen MR) is 207 cm³/mol. The van der Waals surface area contributed by atoms with Gasteiger partial charge in [0.25, 0.3) is 5.91 Å². The maximum Gasteiger partial charge on any atom is 0.262 e. The van der Waals surface area contributed by atoms with Gasteiger partial charge in [0.1, 0.15) is 17.6 Å². The topological polar surface area (TPSA) is 97.1 Å². The number of nitrogens with one attached hydrogen (secondary N) is 1. The summed E-state index contributed by atoms with van der Waals surface area (Å²) < 4.78 is 35.6. The number of aromatic nitrogens is 1. The quantitative estimate of drug-likeness (QED) is 0.236. The van der Waals surface area contributed by atoms with Crippen LogP contribution in [0.3, 0.4) is 0 Å². The zero-order valence-corrected chi connectivity index (χ0v) is 32.1. The van der Waals surface area contributed by atoms with E-state index in [2.05, 4.69) is 56.8 Å². The van der Waals surface area contributed by atoms with Gasteiger partial charge in [-0.05, 0) is 111 Å². The van der Waals surface area contributed by atoms with Gasteiger partial charge < -0.3 is 18.9 Å². The number of rotatable bonds is 3. The van der Waals surface area contributed by atoms with Crippen molar-refractivity contribution in [1.29, 1.82) is 0 Å². The lowest BCUT2D eigenvalue weighted by atomic mass is 9.63. The highest BCUT2D eigenvalue weighted by molar-refractivity contribution is 7.99. The lowest BCUT2D eigenvalue weighted by molar-refractivity contribution is -0.0932. The minimum Gasteiger partial charge on any atom is -0.490 e. The van der Waals surface area contributed by atoms with E-state index in [0.717, 1.165) is 99.0 Å². The van der Waals surface area contributed by atoms with Crippen LogP contribution in [0.4, 0.5) is 5.69 Å². The first-order chi connectivity index (χ1) is 25.0. The third-order valence-corrected chi connectivity index (χ3v) is 15.4. The maximum absolute atomic E-state index is 14.0. The van der Waals surface area contributed by atoms with E-state index in [-0.39, 0.29) is 28.4 Å². The number of aryl methyl sites for hydroxylation is 1. The van der Waals surface area contributed by atoms with Gasteiger partial charge in [0.15, 0.2) is 0 Å². The van der Waals surface area contributed by atoms with Crippen LogP contribution in [0.1, 0.15) is 78.7 Å². The van der Waals surface area contributed by atoms with Gasteiger partial charge in [-0.15, -0.1) is 0 Å². The number of fused-ring (bicyclic) bond motifs is 5. The fraction of sp³-hybridized carbons (Fsp3) is 0.537. The Labute approximate surface area is 313 Å². The molecule has 1 amide bonds. The molecule has 7 atom stereocenters. The third-order valence-electron chi connectivity index (χ3n) is 13.0. The zero-order chi connectivity index (χ0) is 36.3. The summed E-state index contributed by atoms with van der Waals surface area (Å²) in [6.07, 6.45) is 13.0. The highest BCUT2D eigenvalue weighted by Gasteiger charge is 2.50. The van der Waals surface area contributed by atoms with Gasteiger partial charge in [0.05, 0.1) is 27.7 Å². The molecule has 3 aliphatic heterocycles. The molecule has 278 valence electrons. The number of hydrogen-bond donors (Lipinski definition) is 1. The average molecular weight is 747 g/mol. The Morgan fingerprint density at radius 2 is 2.02 bits per heavy atom. The van der Waals surface area contributed by atoms with E-state index in [0.29, 0.717) is 24.5 Å². The van der Waals surface area contributed by atoms with Gasteiger partial charge in [-0.25, -0.2) is 4.21 Å². The Morgan fingerprint density at radius 3 is 2.83 bits per heavy atom. The number of allylic oxidation sites excluding steroid dienone is 1. The molecule has 1 fully saturated rings. The molecule has 9 nitrogen and oxygen atoms in total. The van der Waals surface area contributed by atoms with E-state index in [1.54, 1.807) is 12.3 Å². The maximum atomic E-state index is 14.0. The van der Waals surface area contributed by atoms with Gasteiger partial charge >= 0.3 is 0 Å². The second-order valence-electron chi connectivity index (χ2n) is 16.1. The Morgan fingerprint density at radius 1 is 1.15 bits per heavy atom. The smallest absolute Gasteiger partial charge is 0.262 e. The summed E-state index contributed by atoms with van der Waals surface area (Å²) in [5, 5.41) is 4.63. The van der Waals surface area contributed by atoms with Crippen molar-refractivity contribution >= 4 is 38.8 Å². The summed E-state index contributed by atoms with van der Waals surface area (Å²) in [6.45, 7) is 8.51. The van der Waals surface area contributed by atoms with Crippen molar-refractivity contribution in [3.8, 4) is 5.75 Å². The summed E-state index contributed by atoms with van der Waals surface area (Å²) in [5.74, 6) is 5.07. The van der Waals surface area contributed by atoms with Crippen molar-refractivity contribution in [3.05, 3.63) is 87.8 Å². The van der Waals surface area contributed by atoms with Gasteiger partial charge in [-0.1, -0.05) is 41.9 Å². The molecule has 2 bridgehead atoms. The summed E-state index contributed by atoms with van der Waals surface area (Å²) in [4.78, 5) is 18.7. The number of amides is 1. The van der Waals surface area contributed by atoms with Gasteiger partial charge in [0, 0.05) is 73.1 Å². The van der Waals surface area contributed by atoms with Crippen LogP contribution in [0.2, 0.25) is 5.02 Å². The van der Waals surface area contributed by atoms with Crippen molar-refractivity contribution in [2.24, 2.45) is 17.8 Å². The van der Waals surface area contributed by atoms with Crippen LogP contribution in [-0.2, 0) is 39.2 Å². The molecule has 52 heavy (non-hydrogen) atoms. The van der Waals surface area contributed by atoms with Crippen LogP contribution in [-0.4, -0.2) is 76.8 Å². The summed E-state index contributed by atoms with van der Waals surface area (Å²) in [7, 11) is -1.11. The van der Waals surface area contributed by atoms with E-state index < -0.39 is 15.3 Å². The Balaban J connectivity index is 1.20. The van der Waals surface area contributed by atoms with Crippen molar-refractivity contribution in [3.63, 3.8) is 0 Å². The van der Waals surface area contributed by atoms with Crippen LogP contribution < -0.4 is 14.4 Å². The Bertz CT molecular complexity index is 1980. The number of ether oxygens (including phenoxy) is 2. The molecule has 1 spiro atoms. The van der Waals surface area contributed by atoms with E-state index in [1.165, 1.54) is 11.1 Å². The molecular formula is C41H51ClN4O5S. The van der Waals surface area contributed by atoms with E-state index in [1.807, 2.05) is 32.2 Å². The number of anilines is 1. The second kappa shape index (κ2) is 13.8. The number of hydrogen-bond acceptors (Lipinski definition) is 8. The first-order valence-corrected chi connectivity index (χ1v) is 21.0. The summed E-state index contributed by atoms with van der Waals surface area (Å²) >= 11 is 6.51. The first-order valence-electron chi connectivity index (χ1n) is 18.9. The molecule has 1 saturated carbocycles. The molecule has 3 aromatic rings. The highest BCUT2D eigenvalue weighted by atomic mass is 35.5. The van der Waals surface area contributed by atoms with E-state index in [9.17, 15) is 9.00 Å². The molecule has 1 N–H and O–H groups in total. The minimum atomic E-state index is -2.97. The number of carbonyl (C=O) groups is 1. The predicted octanol–water partition coefficient (Wildman–Crippen LogP) is 6.62. The zero-order valence-electron chi connectivity index (χ0n) is 30.6. The Kier molecular flexibility index (Phi) is 9.50. The van der Waals surface area contributed by atoms with Gasteiger partial charge in [-0.2, -0.15) is 0 Å². The summed E-state index contributed by atoms with van der Waals surface area (Å²) in [6, 6.07) is 12.0. The van der Waals surface area contributed by atoms with Crippen LogP contribution in [0.25, 0.3) is 0 Å². The number of methoxy groups -OCH3 is 1. The SMILES string of the molecule is C=S1(=O)NC(=O)c2ccc3c(c2)N(C[C@@H]2CC[C@H]2[C@@](CN2CCc4nocc4C2)(OC)/C=C/C[C@H](C)[C@H]1C)C[C@@]1(CCCc2cc(Cl)ccc21)CO3. The second-order valence-corrected chi connectivity index (χ2v) is 19.0. The third kappa shape index (κ3) is 6.48. The van der Waals surface area contributed by atoms with Crippen LogP contribution >= 0.6 is 11.6 Å². The monoisotopic (exact) mass is 746 g/mol. The molecule has 0 saturated heterocycles. The molecule has 2 aliphatic carbocycles. The lowest BCUT2D eigenvalue weighted by Crippen LogP contribution is -2.57. The van der Waals surface area contributed by atoms with E-state index in [4.69, 9.17) is 25.6 Å². The standard InChI is InChI=1S/C41H51ClN4O5S/c1-27-7-5-17-41(49-3,25-45-18-15-36-32(21-45)23-51-43-36)35-12-9-31(35)22-46-24-40(16-6-8-29-19-33(42)11-13-34(29)40)26-50-38-14-10-30(20-37(38)46)39(47)44-52(4,48)28(27)2/h5,10-11,13-14,17,19-20,23,27-28,31,35H,4,6-9,12,15-16,18,21-22,24-26H2,1-3H3,(H,44,47,48)/b17-5+/t27-,28+,31-,35+,40-,41+,52?/m0/s1. The first kappa shape index (κ1) is 35.7. The lowest BCUT2D eigenvalue weighted by Gasteiger charge is -2.52. The number of nitrogens with zero attached hydrogens (tertiary/aromatic N) is 3. The van der Waals surface area contributed by atoms with Gasteiger partial charge in [0.2, 0.25) is 0 Å². The van der Waals surface area contributed by atoms with Crippen molar-refractivity contribution in [2.45, 2.75) is 81.6 Å². The highest BCUT2D eigenvalue weighted by Crippen LogP contribution is 2.49. The van der Waals surface area contributed by atoms with Gasteiger partial charge in [-0.3, -0.25) is 14.4 Å². The van der Waals surface area contributed by atoms with Crippen molar-refractivity contribution < 1.29 is 23.0 Å². The number of benzene rings is 2. The molecule has 1 unspecified atom stereocenters. The Hall–Kier alpha value is -3.31. The van der Waals surface area contributed by atoms with Crippen LogP contribution in [0, 0.1) is 17.8 Å². The number of halogens is 1. The normalized spacial score (nSPS) is 34.2.